The largest absolute Gasteiger partial charge is 0.495 e. The Labute approximate surface area is 250 Å². The fourth-order valence-electron chi connectivity index (χ4n) is 4.69. The van der Waals surface area contributed by atoms with Crippen LogP contribution in [0.25, 0.3) is 0 Å². The zero-order chi connectivity index (χ0) is 31.1. The minimum absolute atomic E-state index is 0.0535. The Bertz CT molecular complexity index is 1470. The number of nitrogens with one attached hydrogen (secondary N) is 1. The van der Waals surface area contributed by atoms with Crippen molar-refractivity contribution in [3.8, 4) is 5.75 Å². The van der Waals surface area contributed by atoms with Gasteiger partial charge < -0.3 is 15.0 Å². The van der Waals surface area contributed by atoms with Crippen molar-refractivity contribution in [3.05, 3.63) is 89.5 Å². The van der Waals surface area contributed by atoms with Gasteiger partial charge in [0.25, 0.3) is 10.0 Å². The summed E-state index contributed by atoms with van der Waals surface area (Å²) in [5.74, 6) is -0.453. The van der Waals surface area contributed by atoms with E-state index in [-0.39, 0.29) is 23.0 Å². The van der Waals surface area contributed by atoms with Crippen LogP contribution >= 0.6 is 0 Å². The van der Waals surface area contributed by atoms with E-state index in [1.165, 1.54) is 24.1 Å². The lowest BCUT2D eigenvalue weighted by molar-refractivity contribution is -0.140. The Hall–Kier alpha value is -3.85. The fourth-order valence-corrected chi connectivity index (χ4v) is 6.11. The van der Waals surface area contributed by atoms with Gasteiger partial charge in [-0.2, -0.15) is 0 Å². The predicted molar refractivity (Wildman–Crippen MR) is 167 cm³/mol. The molecular weight excluding hydrogens is 550 g/mol. The standard InChI is InChI=1S/C33H43N3O5S/c1-8-28(32(38)34-33(4,5)6)35(21-20-26-12-10-9-11-13-26)31(37)23-36(29-22-25(3)16-19-30(29)41-7)42(39,40)27-17-14-24(2)15-18-27/h9-19,22,28H,8,20-21,23H2,1-7H3,(H,34,38)/t28-/m0/s1. The molecule has 0 spiro atoms. The molecule has 0 heterocycles. The van der Waals surface area contributed by atoms with Crippen molar-refractivity contribution in [2.24, 2.45) is 0 Å². The number of anilines is 1. The maximum absolute atomic E-state index is 14.2. The Morgan fingerprint density at radius 2 is 1.55 bits per heavy atom. The number of methoxy groups -OCH3 is 1. The monoisotopic (exact) mass is 593 g/mol. The summed E-state index contributed by atoms with van der Waals surface area (Å²) in [6, 6.07) is 20.6. The van der Waals surface area contributed by atoms with E-state index in [9.17, 15) is 18.0 Å². The molecule has 9 heteroatoms. The summed E-state index contributed by atoms with van der Waals surface area (Å²) in [6.45, 7) is 10.9. The first-order chi connectivity index (χ1) is 19.8. The van der Waals surface area contributed by atoms with Gasteiger partial charge in [-0.05, 0) is 82.9 Å². The fraction of sp³-hybridized carbons (Fsp3) is 0.394. The third-order valence-electron chi connectivity index (χ3n) is 6.86. The van der Waals surface area contributed by atoms with E-state index in [1.54, 1.807) is 24.3 Å². The van der Waals surface area contributed by atoms with Crippen LogP contribution in [0, 0.1) is 13.8 Å². The molecule has 0 fully saturated rings. The quantitative estimate of drug-likeness (QED) is 0.309. The van der Waals surface area contributed by atoms with Crippen LogP contribution in [0.2, 0.25) is 0 Å². The van der Waals surface area contributed by atoms with Crippen LogP contribution in [-0.2, 0) is 26.0 Å². The molecule has 0 saturated heterocycles. The molecule has 0 aliphatic heterocycles. The van der Waals surface area contributed by atoms with Crippen molar-refractivity contribution >= 4 is 27.5 Å². The summed E-state index contributed by atoms with van der Waals surface area (Å²) >= 11 is 0. The van der Waals surface area contributed by atoms with Gasteiger partial charge in [0.1, 0.15) is 18.3 Å². The van der Waals surface area contributed by atoms with Gasteiger partial charge in [0.15, 0.2) is 0 Å². The van der Waals surface area contributed by atoms with Crippen molar-refractivity contribution in [1.29, 1.82) is 0 Å². The first kappa shape index (κ1) is 32.7. The van der Waals surface area contributed by atoms with Crippen LogP contribution < -0.4 is 14.4 Å². The molecule has 226 valence electrons. The number of carbonyl (C=O) groups is 2. The summed E-state index contributed by atoms with van der Waals surface area (Å²) < 4.78 is 34.9. The molecule has 3 aromatic carbocycles. The van der Waals surface area contributed by atoms with Crippen LogP contribution in [0.5, 0.6) is 5.75 Å². The van der Waals surface area contributed by atoms with Gasteiger partial charge >= 0.3 is 0 Å². The van der Waals surface area contributed by atoms with E-state index in [1.807, 2.05) is 77.9 Å². The minimum atomic E-state index is -4.19. The van der Waals surface area contributed by atoms with E-state index in [0.717, 1.165) is 21.0 Å². The summed E-state index contributed by atoms with van der Waals surface area (Å²) in [4.78, 5) is 29.2. The number of nitrogens with zero attached hydrogens (tertiary/aromatic N) is 2. The van der Waals surface area contributed by atoms with Crippen LogP contribution in [0.4, 0.5) is 5.69 Å². The zero-order valence-corrected chi connectivity index (χ0v) is 26.5. The second-order valence-electron chi connectivity index (χ2n) is 11.5. The van der Waals surface area contributed by atoms with E-state index in [2.05, 4.69) is 5.32 Å². The van der Waals surface area contributed by atoms with Crippen molar-refractivity contribution < 1.29 is 22.7 Å². The molecule has 0 bridgehead atoms. The number of rotatable bonds is 12. The highest BCUT2D eigenvalue weighted by Gasteiger charge is 2.35. The van der Waals surface area contributed by atoms with Gasteiger partial charge in [0.05, 0.1) is 17.7 Å². The number of hydrogen-bond acceptors (Lipinski definition) is 5. The molecule has 3 aromatic rings. The highest BCUT2D eigenvalue weighted by atomic mass is 32.2. The van der Waals surface area contributed by atoms with E-state index in [0.29, 0.717) is 18.6 Å². The molecular formula is C33H43N3O5S. The van der Waals surface area contributed by atoms with Crippen molar-refractivity contribution in [1.82, 2.24) is 10.2 Å². The van der Waals surface area contributed by atoms with Crippen molar-refractivity contribution in [3.63, 3.8) is 0 Å². The minimum Gasteiger partial charge on any atom is -0.495 e. The van der Waals surface area contributed by atoms with Gasteiger partial charge in [-0.3, -0.25) is 13.9 Å². The number of aryl methyl sites for hydroxylation is 2. The average molecular weight is 594 g/mol. The van der Waals surface area contributed by atoms with Gasteiger partial charge in [-0.1, -0.05) is 61.0 Å². The van der Waals surface area contributed by atoms with E-state index < -0.39 is 34.1 Å². The summed E-state index contributed by atoms with van der Waals surface area (Å²) in [5, 5.41) is 2.99. The average Bonchev–Trinajstić information content (AvgIpc) is 2.93. The van der Waals surface area contributed by atoms with Crippen LogP contribution in [0.3, 0.4) is 0 Å². The van der Waals surface area contributed by atoms with Gasteiger partial charge in [-0.25, -0.2) is 8.42 Å². The third kappa shape index (κ3) is 8.35. The molecule has 42 heavy (non-hydrogen) atoms. The lowest BCUT2D eigenvalue weighted by Gasteiger charge is -2.35. The highest BCUT2D eigenvalue weighted by molar-refractivity contribution is 7.92. The zero-order valence-electron chi connectivity index (χ0n) is 25.7. The number of carbonyl (C=O) groups excluding carboxylic acids is 2. The lowest BCUT2D eigenvalue weighted by Crippen LogP contribution is -2.56. The summed E-state index contributed by atoms with van der Waals surface area (Å²) in [6.07, 6.45) is 0.866. The van der Waals surface area contributed by atoms with E-state index >= 15 is 0 Å². The van der Waals surface area contributed by atoms with Gasteiger partial charge in [-0.15, -0.1) is 0 Å². The van der Waals surface area contributed by atoms with Crippen LogP contribution in [0.1, 0.15) is 50.8 Å². The van der Waals surface area contributed by atoms with Crippen molar-refractivity contribution in [2.75, 3.05) is 24.5 Å². The number of ether oxygens (including phenoxy) is 1. The first-order valence-corrected chi connectivity index (χ1v) is 15.6. The normalized spacial score (nSPS) is 12.4. The molecule has 3 rings (SSSR count). The maximum Gasteiger partial charge on any atom is 0.264 e. The Balaban J connectivity index is 2.09. The smallest absolute Gasteiger partial charge is 0.264 e. The molecule has 0 aliphatic rings. The molecule has 1 atom stereocenters. The predicted octanol–water partition coefficient (Wildman–Crippen LogP) is 5.27. The lowest BCUT2D eigenvalue weighted by atomic mass is 10.1. The molecule has 0 radical (unpaired) electrons. The summed E-state index contributed by atoms with van der Waals surface area (Å²) in [7, 11) is -2.73. The molecule has 0 aromatic heterocycles. The Morgan fingerprint density at radius 1 is 0.929 bits per heavy atom. The van der Waals surface area contributed by atoms with Crippen molar-refractivity contribution in [2.45, 2.75) is 70.9 Å². The molecule has 0 aliphatic carbocycles. The second kappa shape index (κ2) is 13.9. The Morgan fingerprint density at radius 3 is 2.12 bits per heavy atom. The SMILES string of the molecule is CC[C@@H](C(=O)NC(C)(C)C)N(CCc1ccccc1)C(=O)CN(c1cc(C)ccc1OC)S(=O)(=O)c1ccc(C)cc1. The van der Waals surface area contributed by atoms with Crippen LogP contribution in [-0.4, -0.2) is 56.9 Å². The van der Waals surface area contributed by atoms with Gasteiger partial charge in [0, 0.05) is 12.1 Å². The number of amides is 2. The topological polar surface area (TPSA) is 96.0 Å². The van der Waals surface area contributed by atoms with Crippen LogP contribution in [0.15, 0.2) is 77.7 Å². The molecule has 2 amide bonds. The highest BCUT2D eigenvalue weighted by Crippen LogP contribution is 2.34. The number of benzene rings is 3. The molecule has 0 saturated carbocycles. The van der Waals surface area contributed by atoms with E-state index in [4.69, 9.17) is 4.74 Å². The molecule has 8 nitrogen and oxygen atoms in total. The Kier molecular flexibility index (Phi) is 10.8. The summed E-state index contributed by atoms with van der Waals surface area (Å²) in [5.41, 5.74) is 2.47. The first-order valence-electron chi connectivity index (χ1n) is 14.2. The van der Waals surface area contributed by atoms with Gasteiger partial charge in [0.2, 0.25) is 11.8 Å². The maximum atomic E-state index is 14.2. The molecule has 0 unspecified atom stereocenters. The number of sulfonamides is 1. The molecule has 1 N–H and O–H groups in total. The second-order valence-corrected chi connectivity index (χ2v) is 13.3. The number of hydrogen-bond donors (Lipinski definition) is 1. The third-order valence-corrected chi connectivity index (χ3v) is 8.63.